The van der Waals surface area contributed by atoms with E-state index >= 15 is 0 Å². The van der Waals surface area contributed by atoms with Crippen LogP contribution in [0, 0.1) is 0 Å². The van der Waals surface area contributed by atoms with Gasteiger partial charge in [-0.25, -0.2) is 0 Å². The van der Waals surface area contributed by atoms with Gasteiger partial charge in [0.1, 0.15) is 17.6 Å². The molecular formula is C14H13Br2NO3. The predicted molar refractivity (Wildman–Crippen MR) is 83.2 cm³/mol. The van der Waals surface area contributed by atoms with E-state index in [1.807, 2.05) is 6.07 Å². The Morgan fingerprint density at radius 1 is 1.15 bits per heavy atom. The van der Waals surface area contributed by atoms with E-state index in [1.54, 1.807) is 38.6 Å². The Balaban J connectivity index is 2.48. The van der Waals surface area contributed by atoms with Crippen LogP contribution >= 0.6 is 31.9 Å². The van der Waals surface area contributed by atoms with Gasteiger partial charge in [0.2, 0.25) is 0 Å². The van der Waals surface area contributed by atoms with Crippen molar-refractivity contribution >= 4 is 31.9 Å². The predicted octanol–water partition coefficient (Wildman–Crippen LogP) is 3.71. The molecule has 1 aromatic heterocycles. The van der Waals surface area contributed by atoms with Crippen molar-refractivity contribution in [1.29, 1.82) is 0 Å². The van der Waals surface area contributed by atoms with Gasteiger partial charge in [-0.1, -0.05) is 0 Å². The second kappa shape index (κ2) is 6.56. The minimum atomic E-state index is -0.914. The average Bonchev–Trinajstić information content (AvgIpc) is 2.46. The van der Waals surface area contributed by atoms with Crippen LogP contribution in [0.2, 0.25) is 0 Å². The molecule has 0 saturated carbocycles. The maximum Gasteiger partial charge on any atom is 0.126 e. The molecule has 4 nitrogen and oxygen atoms in total. The van der Waals surface area contributed by atoms with Crippen molar-refractivity contribution in [1.82, 2.24) is 4.98 Å². The van der Waals surface area contributed by atoms with Gasteiger partial charge >= 0.3 is 0 Å². The summed E-state index contributed by atoms with van der Waals surface area (Å²) >= 11 is 6.74. The number of aliphatic hydroxyl groups excluding tert-OH is 1. The zero-order valence-electron chi connectivity index (χ0n) is 10.9. The summed E-state index contributed by atoms with van der Waals surface area (Å²) in [6.07, 6.45) is 0.721. The van der Waals surface area contributed by atoms with Crippen LogP contribution in [0.3, 0.4) is 0 Å². The Hall–Kier alpha value is -1.11. The number of rotatable bonds is 4. The molecule has 0 fully saturated rings. The smallest absolute Gasteiger partial charge is 0.126 e. The van der Waals surface area contributed by atoms with Gasteiger partial charge in [0.05, 0.1) is 19.9 Å². The molecule has 6 heteroatoms. The van der Waals surface area contributed by atoms with Crippen molar-refractivity contribution in [2.24, 2.45) is 0 Å². The summed E-state index contributed by atoms with van der Waals surface area (Å²) in [4.78, 5) is 4.24. The minimum Gasteiger partial charge on any atom is -0.497 e. The maximum atomic E-state index is 10.6. The lowest BCUT2D eigenvalue weighted by Gasteiger charge is -2.16. The third-order valence-electron chi connectivity index (χ3n) is 2.83. The summed E-state index contributed by atoms with van der Waals surface area (Å²) in [5, 5.41) is 10.6. The molecule has 2 rings (SSSR count). The quantitative estimate of drug-likeness (QED) is 0.846. The number of aromatic nitrogens is 1. The Bertz CT molecular complexity index is 619. The highest BCUT2D eigenvalue weighted by atomic mass is 79.9. The summed E-state index contributed by atoms with van der Waals surface area (Å²) in [5.41, 5.74) is 1.11. The number of nitrogens with zero attached hydrogens (tertiary/aromatic N) is 1. The Kier molecular flexibility index (Phi) is 5.01. The van der Waals surface area contributed by atoms with Crippen LogP contribution in [0.15, 0.2) is 39.4 Å². The zero-order valence-corrected chi connectivity index (χ0v) is 14.1. The van der Waals surface area contributed by atoms with Crippen molar-refractivity contribution < 1.29 is 14.6 Å². The molecule has 0 amide bonds. The normalized spacial score (nSPS) is 12.1. The minimum absolute atomic E-state index is 0.514. The van der Waals surface area contributed by atoms with Crippen LogP contribution in [0.25, 0.3) is 0 Å². The third-order valence-corrected chi connectivity index (χ3v) is 3.90. The van der Waals surface area contributed by atoms with Crippen LogP contribution in [0.1, 0.15) is 17.4 Å². The monoisotopic (exact) mass is 401 g/mol. The fourth-order valence-corrected chi connectivity index (χ4v) is 3.03. The molecular weight excluding hydrogens is 390 g/mol. The van der Waals surface area contributed by atoms with Crippen molar-refractivity contribution in [3.8, 4) is 11.5 Å². The molecule has 0 aliphatic carbocycles. The van der Waals surface area contributed by atoms with E-state index < -0.39 is 6.10 Å². The number of halogens is 2. The van der Waals surface area contributed by atoms with Crippen LogP contribution in [-0.2, 0) is 0 Å². The molecule has 0 aliphatic heterocycles. The fourth-order valence-electron chi connectivity index (χ4n) is 1.83. The first-order valence-corrected chi connectivity index (χ1v) is 7.36. The van der Waals surface area contributed by atoms with Crippen LogP contribution in [-0.4, -0.2) is 24.3 Å². The topological polar surface area (TPSA) is 51.6 Å². The molecule has 0 saturated heterocycles. The van der Waals surface area contributed by atoms with E-state index in [1.165, 1.54) is 0 Å². The fraction of sp³-hybridized carbons (Fsp3) is 0.214. The lowest BCUT2D eigenvalue weighted by Crippen LogP contribution is -2.06. The third kappa shape index (κ3) is 3.13. The molecule has 0 radical (unpaired) electrons. The molecule has 1 heterocycles. The summed E-state index contributed by atoms with van der Waals surface area (Å²) < 4.78 is 12.0. The van der Waals surface area contributed by atoms with E-state index in [9.17, 15) is 5.11 Å². The first-order chi connectivity index (χ1) is 9.56. The van der Waals surface area contributed by atoms with Gasteiger partial charge in [-0.05, 0) is 56.1 Å². The van der Waals surface area contributed by atoms with Gasteiger partial charge in [-0.2, -0.15) is 0 Å². The van der Waals surface area contributed by atoms with Gasteiger partial charge < -0.3 is 14.6 Å². The van der Waals surface area contributed by atoms with E-state index in [4.69, 9.17) is 9.47 Å². The van der Waals surface area contributed by atoms with Gasteiger partial charge in [0.15, 0.2) is 0 Å². The lowest BCUT2D eigenvalue weighted by molar-refractivity contribution is 0.208. The second-order valence-corrected chi connectivity index (χ2v) is 5.80. The standard InChI is InChI=1S/C14H13Br2NO3/c1-19-9-3-4-12(20-2)10(6-9)14(18)13-11(16)5-8(15)7-17-13/h3-7,14,18H,1-2H3. The average molecular weight is 403 g/mol. The largest absolute Gasteiger partial charge is 0.497 e. The summed E-state index contributed by atoms with van der Waals surface area (Å²) in [5.74, 6) is 1.23. The molecule has 2 aromatic rings. The van der Waals surface area contributed by atoms with E-state index in [0.29, 0.717) is 27.2 Å². The van der Waals surface area contributed by atoms with Crippen molar-refractivity contribution in [2.45, 2.75) is 6.10 Å². The first-order valence-electron chi connectivity index (χ1n) is 5.77. The number of benzene rings is 1. The Morgan fingerprint density at radius 3 is 2.50 bits per heavy atom. The Labute approximate surface area is 134 Å². The van der Waals surface area contributed by atoms with E-state index in [-0.39, 0.29) is 0 Å². The van der Waals surface area contributed by atoms with Crippen molar-refractivity contribution in [3.63, 3.8) is 0 Å². The van der Waals surface area contributed by atoms with E-state index in [2.05, 4.69) is 36.8 Å². The molecule has 0 aliphatic rings. The summed E-state index contributed by atoms with van der Waals surface area (Å²) in [7, 11) is 3.13. The molecule has 0 spiro atoms. The Morgan fingerprint density at radius 2 is 1.90 bits per heavy atom. The number of hydrogen-bond acceptors (Lipinski definition) is 4. The second-order valence-electron chi connectivity index (χ2n) is 4.03. The molecule has 20 heavy (non-hydrogen) atoms. The van der Waals surface area contributed by atoms with Gasteiger partial charge in [0.25, 0.3) is 0 Å². The van der Waals surface area contributed by atoms with Crippen LogP contribution in [0.4, 0.5) is 0 Å². The molecule has 1 atom stereocenters. The van der Waals surface area contributed by atoms with Crippen molar-refractivity contribution in [3.05, 3.63) is 50.7 Å². The number of aliphatic hydroxyl groups is 1. The molecule has 0 bridgehead atoms. The summed E-state index contributed by atoms with van der Waals surface area (Å²) in [6.45, 7) is 0. The molecule has 106 valence electrons. The SMILES string of the molecule is COc1ccc(OC)c(C(O)c2ncc(Br)cc2Br)c1. The molecule has 1 unspecified atom stereocenters. The zero-order chi connectivity index (χ0) is 14.7. The highest BCUT2D eigenvalue weighted by Gasteiger charge is 2.20. The van der Waals surface area contributed by atoms with E-state index in [0.717, 1.165) is 4.47 Å². The highest BCUT2D eigenvalue weighted by Crippen LogP contribution is 2.35. The number of pyridine rings is 1. The lowest BCUT2D eigenvalue weighted by atomic mass is 10.0. The summed E-state index contributed by atoms with van der Waals surface area (Å²) in [6, 6.07) is 7.10. The number of hydrogen-bond donors (Lipinski definition) is 1. The first kappa shape index (κ1) is 15.3. The van der Waals surface area contributed by atoms with Crippen LogP contribution in [0.5, 0.6) is 11.5 Å². The van der Waals surface area contributed by atoms with Gasteiger partial charge in [-0.3, -0.25) is 4.98 Å². The highest BCUT2D eigenvalue weighted by molar-refractivity contribution is 9.11. The van der Waals surface area contributed by atoms with Gasteiger partial charge in [-0.15, -0.1) is 0 Å². The number of ether oxygens (including phenoxy) is 2. The molecule has 1 aromatic carbocycles. The molecule has 1 N–H and O–H groups in total. The number of methoxy groups -OCH3 is 2. The van der Waals surface area contributed by atoms with Gasteiger partial charge in [0, 0.05) is 20.7 Å². The van der Waals surface area contributed by atoms with Crippen LogP contribution < -0.4 is 9.47 Å². The van der Waals surface area contributed by atoms with Crippen molar-refractivity contribution in [2.75, 3.05) is 14.2 Å². The maximum absolute atomic E-state index is 10.6.